The van der Waals surface area contributed by atoms with Crippen molar-refractivity contribution in [3.05, 3.63) is 64.7 Å². The summed E-state index contributed by atoms with van der Waals surface area (Å²) in [5, 5.41) is 12.3. The summed E-state index contributed by atoms with van der Waals surface area (Å²) in [5.41, 5.74) is 0.846. The monoisotopic (exact) mass is 283 g/mol. The van der Waals surface area contributed by atoms with Crippen LogP contribution in [0.3, 0.4) is 0 Å². The van der Waals surface area contributed by atoms with Gasteiger partial charge in [0.1, 0.15) is 11.6 Å². The molecule has 2 aromatic rings. The second-order valence-corrected chi connectivity index (χ2v) is 4.44. The average Bonchev–Trinajstić information content (AvgIpc) is 2.42. The van der Waals surface area contributed by atoms with Crippen LogP contribution < -0.4 is 5.32 Å². The standard InChI is InChI=1S/C14H12ClF2NO/c15-12-3-1-2-11(14(12)17)13(8-19)18-10-6-4-9(16)5-7-10/h1-7,13,18-19H,8H2. The third-order valence-electron chi connectivity index (χ3n) is 2.72. The lowest BCUT2D eigenvalue weighted by molar-refractivity contribution is 0.274. The van der Waals surface area contributed by atoms with Gasteiger partial charge in [0, 0.05) is 11.3 Å². The Morgan fingerprint density at radius 2 is 1.79 bits per heavy atom. The molecule has 1 unspecified atom stereocenters. The zero-order valence-corrected chi connectivity index (χ0v) is 10.7. The van der Waals surface area contributed by atoms with Crippen molar-refractivity contribution >= 4 is 17.3 Å². The van der Waals surface area contributed by atoms with E-state index in [0.29, 0.717) is 5.69 Å². The van der Waals surface area contributed by atoms with Gasteiger partial charge in [-0.25, -0.2) is 8.78 Å². The summed E-state index contributed by atoms with van der Waals surface area (Å²) < 4.78 is 26.7. The molecule has 0 bridgehead atoms. The molecule has 1 atom stereocenters. The third-order valence-corrected chi connectivity index (χ3v) is 3.02. The number of halogens is 3. The normalized spacial score (nSPS) is 12.2. The fourth-order valence-corrected chi connectivity index (χ4v) is 1.94. The molecule has 0 aliphatic heterocycles. The lowest BCUT2D eigenvalue weighted by atomic mass is 10.1. The zero-order valence-electron chi connectivity index (χ0n) is 9.91. The van der Waals surface area contributed by atoms with Gasteiger partial charge in [-0.05, 0) is 30.3 Å². The van der Waals surface area contributed by atoms with Crippen molar-refractivity contribution in [2.75, 3.05) is 11.9 Å². The number of benzene rings is 2. The molecule has 2 N–H and O–H groups in total. The maximum atomic E-state index is 13.9. The van der Waals surface area contributed by atoms with Gasteiger partial charge in [-0.1, -0.05) is 23.7 Å². The molecule has 5 heteroatoms. The van der Waals surface area contributed by atoms with E-state index in [1.165, 1.54) is 30.3 Å². The van der Waals surface area contributed by atoms with E-state index >= 15 is 0 Å². The highest BCUT2D eigenvalue weighted by atomic mass is 35.5. The number of anilines is 1. The SMILES string of the molecule is OCC(Nc1ccc(F)cc1)c1cccc(Cl)c1F. The van der Waals surface area contributed by atoms with Gasteiger partial charge >= 0.3 is 0 Å². The molecule has 0 heterocycles. The Kier molecular flexibility index (Phi) is 4.35. The summed E-state index contributed by atoms with van der Waals surface area (Å²) in [6.07, 6.45) is 0. The van der Waals surface area contributed by atoms with Crippen molar-refractivity contribution in [2.24, 2.45) is 0 Å². The summed E-state index contributed by atoms with van der Waals surface area (Å²) in [6.45, 7) is -0.311. The van der Waals surface area contributed by atoms with E-state index in [2.05, 4.69) is 5.32 Å². The Hall–Kier alpha value is -1.65. The quantitative estimate of drug-likeness (QED) is 0.895. The summed E-state index contributed by atoms with van der Waals surface area (Å²) >= 11 is 5.70. The van der Waals surface area contributed by atoms with E-state index in [0.717, 1.165) is 0 Å². The van der Waals surface area contributed by atoms with E-state index in [1.54, 1.807) is 12.1 Å². The molecule has 0 saturated carbocycles. The number of rotatable bonds is 4. The Morgan fingerprint density at radius 3 is 2.42 bits per heavy atom. The zero-order chi connectivity index (χ0) is 13.8. The highest BCUT2D eigenvalue weighted by Gasteiger charge is 2.16. The maximum Gasteiger partial charge on any atom is 0.147 e. The number of nitrogens with one attached hydrogen (secondary N) is 1. The van der Waals surface area contributed by atoms with E-state index in [-0.39, 0.29) is 23.0 Å². The molecule has 0 spiro atoms. The third kappa shape index (κ3) is 3.22. The number of hydrogen-bond donors (Lipinski definition) is 2. The fourth-order valence-electron chi connectivity index (χ4n) is 1.76. The Balaban J connectivity index is 2.25. The highest BCUT2D eigenvalue weighted by Crippen LogP contribution is 2.26. The topological polar surface area (TPSA) is 32.3 Å². The van der Waals surface area contributed by atoms with Crippen LogP contribution in [0.4, 0.5) is 14.5 Å². The lowest BCUT2D eigenvalue weighted by Crippen LogP contribution is -2.16. The molecule has 0 aromatic heterocycles. The average molecular weight is 284 g/mol. The van der Waals surface area contributed by atoms with Crippen LogP contribution in [0.5, 0.6) is 0 Å². The van der Waals surface area contributed by atoms with Crippen LogP contribution in [0.1, 0.15) is 11.6 Å². The van der Waals surface area contributed by atoms with Crippen molar-refractivity contribution in [1.82, 2.24) is 0 Å². The lowest BCUT2D eigenvalue weighted by Gasteiger charge is -2.19. The van der Waals surface area contributed by atoms with Crippen LogP contribution >= 0.6 is 11.6 Å². The van der Waals surface area contributed by atoms with Gasteiger partial charge in [0.2, 0.25) is 0 Å². The summed E-state index contributed by atoms with van der Waals surface area (Å²) in [7, 11) is 0. The van der Waals surface area contributed by atoms with Gasteiger partial charge in [0.15, 0.2) is 0 Å². The van der Waals surface area contributed by atoms with Crippen LogP contribution in [-0.4, -0.2) is 11.7 Å². The molecule has 2 aromatic carbocycles. The van der Waals surface area contributed by atoms with Gasteiger partial charge < -0.3 is 10.4 Å². The van der Waals surface area contributed by atoms with Gasteiger partial charge in [0.25, 0.3) is 0 Å². The molecular weight excluding hydrogens is 272 g/mol. The Bertz CT molecular complexity index is 560. The minimum absolute atomic E-state index is 0.00291. The first-order valence-corrected chi connectivity index (χ1v) is 6.06. The first-order valence-electron chi connectivity index (χ1n) is 5.68. The molecular formula is C14H12ClF2NO. The predicted octanol–water partition coefficient (Wildman–Crippen LogP) is 3.76. The van der Waals surface area contributed by atoms with Crippen LogP contribution in [0.15, 0.2) is 42.5 Å². The minimum Gasteiger partial charge on any atom is -0.394 e. The van der Waals surface area contributed by atoms with Gasteiger partial charge in [-0.2, -0.15) is 0 Å². The summed E-state index contributed by atoms with van der Waals surface area (Å²) in [4.78, 5) is 0. The van der Waals surface area contributed by atoms with E-state index in [1.807, 2.05) is 0 Å². The Morgan fingerprint density at radius 1 is 1.11 bits per heavy atom. The summed E-state index contributed by atoms with van der Waals surface area (Å²) in [6, 6.07) is 9.53. The number of aliphatic hydroxyl groups excluding tert-OH is 1. The predicted molar refractivity (Wildman–Crippen MR) is 71.3 cm³/mol. The first kappa shape index (κ1) is 13.8. The highest BCUT2D eigenvalue weighted by molar-refractivity contribution is 6.30. The smallest absolute Gasteiger partial charge is 0.147 e. The molecule has 0 saturated heterocycles. The number of hydrogen-bond acceptors (Lipinski definition) is 2. The molecule has 0 amide bonds. The molecule has 0 fully saturated rings. The van der Waals surface area contributed by atoms with E-state index in [9.17, 15) is 13.9 Å². The van der Waals surface area contributed by atoms with Gasteiger partial charge in [0.05, 0.1) is 17.7 Å². The molecule has 2 nitrogen and oxygen atoms in total. The van der Waals surface area contributed by atoms with Crippen LogP contribution in [0.25, 0.3) is 0 Å². The van der Waals surface area contributed by atoms with Crippen LogP contribution in [0, 0.1) is 11.6 Å². The maximum absolute atomic E-state index is 13.9. The second-order valence-electron chi connectivity index (χ2n) is 4.03. The second kappa shape index (κ2) is 5.99. The van der Waals surface area contributed by atoms with Crippen molar-refractivity contribution in [3.8, 4) is 0 Å². The van der Waals surface area contributed by atoms with Crippen molar-refractivity contribution in [3.63, 3.8) is 0 Å². The first-order chi connectivity index (χ1) is 9.11. The fraction of sp³-hybridized carbons (Fsp3) is 0.143. The van der Waals surface area contributed by atoms with Crippen molar-refractivity contribution < 1.29 is 13.9 Å². The largest absolute Gasteiger partial charge is 0.394 e. The van der Waals surface area contributed by atoms with Gasteiger partial charge in [-0.15, -0.1) is 0 Å². The Labute approximate surface area is 114 Å². The van der Waals surface area contributed by atoms with E-state index in [4.69, 9.17) is 11.6 Å². The number of aliphatic hydroxyl groups is 1. The van der Waals surface area contributed by atoms with Crippen molar-refractivity contribution in [2.45, 2.75) is 6.04 Å². The molecule has 0 aliphatic rings. The van der Waals surface area contributed by atoms with Crippen LogP contribution in [-0.2, 0) is 0 Å². The van der Waals surface area contributed by atoms with Crippen LogP contribution in [0.2, 0.25) is 5.02 Å². The van der Waals surface area contributed by atoms with Crippen molar-refractivity contribution in [1.29, 1.82) is 0 Å². The molecule has 0 radical (unpaired) electrons. The minimum atomic E-state index is -0.649. The summed E-state index contributed by atoms with van der Waals surface area (Å²) in [5.74, 6) is -0.933. The molecule has 100 valence electrons. The molecule has 0 aliphatic carbocycles. The molecule has 2 rings (SSSR count). The van der Waals surface area contributed by atoms with E-state index < -0.39 is 11.9 Å². The molecule has 19 heavy (non-hydrogen) atoms. The van der Waals surface area contributed by atoms with Gasteiger partial charge in [-0.3, -0.25) is 0 Å².